The van der Waals surface area contributed by atoms with Gasteiger partial charge in [0, 0.05) is 48.2 Å². The fourth-order valence-electron chi connectivity index (χ4n) is 3.46. The van der Waals surface area contributed by atoms with Crippen LogP contribution in [-0.2, 0) is 19.5 Å². The van der Waals surface area contributed by atoms with Crippen molar-refractivity contribution in [3.05, 3.63) is 70.1 Å². The van der Waals surface area contributed by atoms with Crippen LogP contribution in [0.15, 0.2) is 42.7 Å². The molecule has 2 N–H and O–H groups in total. The highest BCUT2D eigenvalue weighted by atomic mass is 32.1. The average Bonchev–Trinajstić information content (AvgIpc) is 3.30. The molecule has 0 unspecified atom stereocenters. The zero-order valence-electron chi connectivity index (χ0n) is 16.0. The minimum absolute atomic E-state index is 0.330. The van der Waals surface area contributed by atoms with Crippen LogP contribution in [0.4, 0.5) is 14.9 Å². The normalized spacial score (nSPS) is 14.0. The van der Waals surface area contributed by atoms with Gasteiger partial charge in [0.15, 0.2) is 0 Å². The number of halogens is 1. The molecule has 0 bridgehead atoms. The molecule has 5 nitrogen and oxygen atoms in total. The van der Waals surface area contributed by atoms with Gasteiger partial charge in [0.05, 0.1) is 0 Å². The highest BCUT2D eigenvalue weighted by Crippen LogP contribution is 2.35. The Bertz CT molecular complexity index is 996. The fraction of sp³-hybridized carbons (Fsp3) is 0.286. The number of amides is 2. The monoisotopic (exact) mass is 398 g/mol. The number of aryl methyl sites for hydroxylation is 1. The molecule has 3 aromatic rings. The van der Waals surface area contributed by atoms with Crippen molar-refractivity contribution in [2.45, 2.75) is 26.4 Å². The quantitative estimate of drug-likeness (QED) is 0.689. The van der Waals surface area contributed by atoms with E-state index in [1.165, 1.54) is 16.5 Å². The predicted octanol–water partition coefficient (Wildman–Crippen LogP) is 4.30. The third-order valence-electron chi connectivity index (χ3n) is 5.03. The number of aromatic nitrogens is 1. The molecule has 1 aliphatic heterocycles. The first-order valence-corrected chi connectivity index (χ1v) is 10.1. The summed E-state index contributed by atoms with van der Waals surface area (Å²) in [4.78, 5) is 16.0. The molecule has 0 radical (unpaired) electrons. The lowest BCUT2D eigenvalue weighted by Gasteiger charge is -2.22. The first-order valence-electron chi connectivity index (χ1n) is 9.27. The lowest BCUT2D eigenvalue weighted by Crippen LogP contribution is -2.30. The van der Waals surface area contributed by atoms with E-state index in [9.17, 15) is 9.18 Å². The van der Waals surface area contributed by atoms with Crippen LogP contribution >= 0.6 is 11.3 Å². The van der Waals surface area contributed by atoms with E-state index in [2.05, 4.69) is 27.1 Å². The summed E-state index contributed by atoms with van der Waals surface area (Å²) in [6.45, 7) is 4.07. The van der Waals surface area contributed by atoms with Crippen molar-refractivity contribution in [1.29, 1.82) is 0 Å². The van der Waals surface area contributed by atoms with E-state index in [0.717, 1.165) is 30.1 Å². The summed E-state index contributed by atoms with van der Waals surface area (Å²) >= 11 is 1.78. The van der Waals surface area contributed by atoms with Gasteiger partial charge in [-0.1, -0.05) is 6.07 Å². The number of hydrogen-bond acceptors (Lipinski definition) is 3. The van der Waals surface area contributed by atoms with Gasteiger partial charge in [-0.3, -0.25) is 0 Å². The molecule has 2 aromatic heterocycles. The SMILES string of the molecule is Cc1ccc(NC(=O)NCc2c(-n3cccc3)sc3c2CCN(C)C3)cc1F. The number of thiophene rings is 1. The van der Waals surface area contributed by atoms with Crippen LogP contribution in [0.1, 0.15) is 21.6 Å². The summed E-state index contributed by atoms with van der Waals surface area (Å²) < 4.78 is 15.8. The molecule has 2 amide bonds. The summed E-state index contributed by atoms with van der Waals surface area (Å²) in [7, 11) is 2.13. The maximum Gasteiger partial charge on any atom is 0.319 e. The second-order valence-corrected chi connectivity index (χ2v) is 8.22. The van der Waals surface area contributed by atoms with Gasteiger partial charge in [0.1, 0.15) is 10.8 Å². The van der Waals surface area contributed by atoms with Crippen LogP contribution < -0.4 is 10.6 Å². The molecule has 0 fully saturated rings. The van der Waals surface area contributed by atoms with E-state index in [1.807, 2.05) is 24.5 Å². The van der Waals surface area contributed by atoms with Crippen LogP contribution in [0, 0.1) is 12.7 Å². The molecule has 0 aliphatic carbocycles. The number of fused-ring (bicyclic) bond motifs is 1. The van der Waals surface area contributed by atoms with E-state index >= 15 is 0 Å². The molecule has 1 aliphatic rings. The standard InChI is InChI=1S/C21H23FN4OS/c1-14-5-6-15(11-18(14)22)24-21(27)23-12-17-16-7-10-25(2)13-19(16)28-20(17)26-8-3-4-9-26/h3-6,8-9,11H,7,10,12-13H2,1-2H3,(H2,23,24,27). The zero-order valence-corrected chi connectivity index (χ0v) is 16.8. The molecule has 7 heteroatoms. The molecular weight excluding hydrogens is 375 g/mol. The van der Waals surface area contributed by atoms with Crippen molar-refractivity contribution in [2.75, 3.05) is 18.9 Å². The first-order chi connectivity index (χ1) is 13.5. The van der Waals surface area contributed by atoms with Gasteiger partial charge in [-0.25, -0.2) is 9.18 Å². The van der Waals surface area contributed by atoms with Crippen LogP contribution in [-0.4, -0.2) is 29.1 Å². The lowest BCUT2D eigenvalue weighted by atomic mass is 10.0. The predicted molar refractivity (Wildman–Crippen MR) is 111 cm³/mol. The fourth-order valence-corrected chi connectivity index (χ4v) is 4.87. The van der Waals surface area contributed by atoms with Crippen LogP contribution in [0.2, 0.25) is 0 Å². The van der Waals surface area contributed by atoms with E-state index in [0.29, 0.717) is 17.8 Å². The van der Waals surface area contributed by atoms with Crippen LogP contribution in [0.25, 0.3) is 5.00 Å². The molecule has 4 rings (SSSR count). The summed E-state index contributed by atoms with van der Waals surface area (Å²) in [5.41, 5.74) is 3.50. The topological polar surface area (TPSA) is 49.3 Å². The third kappa shape index (κ3) is 3.81. The van der Waals surface area contributed by atoms with E-state index < -0.39 is 0 Å². The Morgan fingerprint density at radius 2 is 2.07 bits per heavy atom. The van der Waals surface area contributed by atoms with E-state index in [4.69, 9.17) is 0 Å². The minimum atomic E-state index is -0.338. The summed E-state index contributed by atoms with van der Waals surface area (Å²) in [5.74, 6) is -0.330. The van der Waals surface area contributed by atoms with Crippen LogP contribution in [0.5, 0.6) is 0 Å². The van der Waals surface area contributed by atoms with E-state index in [-0.39, 0.29) is 11.8 Å². The summed E-state index contributed by atoms with van der Waals surface area (Å²) in [5, 5.41) is 6.80. The maximum atomic E-state index is 13.7. The molecule has 0 saturated heterocycles. The van der Waals surface area contributed by atoms with Gasteiger partial charge in [0.2, 0.25) is 0 Å². The first kappa shape index (κ1) is 18.7. The van der Waals surface area contributed by atoms with Gasteiger partial charge in [-0.15, -0.1) is 11.3 Å². The van der Waals surface area contributed by atoms with Crippen molar-refractivity contribution >= 4 is 23.1 Å². The van der Waals surface area contributed by atoms with Gasteiger partial charge in [-0.05, 0) is 55.8 Å². The van der Waals surface area contributed by atoms with Gasteiger partial charge >= 0.3 is 6.03 Å². The second-order valence-electron chi connectivity index (χ2n) is 7.14. The number of likely N-dealkylation sites (N-methyl/N-ethyl adjacent to an activating group) is 1. The molecule has 28 heavy (non-hydrogen) atoms. The number of hydrogen-bond donors (Lipinski definition) is 2. The highest BCUT2D eigenvalue weighted by molar-refractivity contribution is 7.14. The zero-order chi connectivity index (χ0) is 19.7. The third-order valence-corrected chi connectivity index (χ3v) is 6.30. The van der Waals surface area contributed by atoms with Gasteiger partial charge in [-0.2, -0.15) is 0 Å². The molecule has 0 atom stereocenters. The Kier molecular flexibility index (Phi) is 5.19. The van der Waals surface area contributed by atoms with E-state index in [1.54, 1.807) is 30.4 Å². The van der Waals surface area contributed by atoms with Crippen molar-refractivity contribution in [3.63, 3.8) is 0 Å². The number of benzene rings is 1. The molecular formula is C21H23FN4OS. The number of nitrogens with one attached hydrogen (secondary N) is 2. The summed E-state index contributed by atoms with van der Waals surface area (Å²) in [6.07, 6.45) is 5.03. The molecule has 0 spiro atoms. The van der Waals surface area contributed by atoms with Crippen molar-refractivity contribution in [3.8, 4) is 5.00 Å². The number of anilines is 1. The number of carbonyl (C=O) groups excluding carboxylic acids is 1. The number of carbonyl (C=O) groups is 1. The molecule has 0 saturated carbocycles. The number of urea groups is 1. The molecule has 1 aromatic carbocycles. The summed E-state index contributed by atoms with van der Waals surface area (Å²) in [6, 6.07) is 8.35. The Morgan fingerprint density at radius 3 is 2.82 bits per heavy atom. The van der Waals surface area contributed by atoms with Crippen molar-refractivity contribution in [2.24, 2.45) is 0 Å². The highest BCUT2D eigenvalue weighted by Gasteiger charge is 2.23. The Hall–Kier alpha value is -2.64. The van der Waals surface area contributed by atoms with Gasteiger partial charge in [0.25, 0.3) is 0 Å². The number of rotatable bonds is 4. The Morgan fingerprint density at radius 1 is 1.29 bits per heavy atom. The molecule has 3 heterocycles. The lowest BCUT2D eigenvalue weighted by molar-refractivity contribution is 0.251. The Balaban J connectivity index is 1.52. The molecule has 146 valence electrons. The smallest absolute Gasteiger partial charge is 0.319 e. The van der Waals surface area contributed by atoms with Gasteiger partial charge < -0.3 is 20.1 Å². The number of nitrogens with zero attached hydrogens (tertiary/aromatic N) is 2. The maximum absolute atomic E-state index is 13.7. The average molecular weight is 399 g/mol. The van der Waals surface area contributed by atoms with Crippen molar-refractivity contribution < 1.29 is 9.18 Å². The largest absolute Gasteiger partial charge is 0.334 e. The minimum Gasteiger partial charge on any atom is -0.334 e. The van der Waals surface area contributed by atoms with Crippen molar-refractivity contribution in [1.82, 2.24) is 14.8 Å². The Labute approximate surface area is 167 Å². The van der Waals surface area contributed by atoms with Crippen LogP contribution in [0.3, 0.4) is 0 Å². The second kappa shape index (κ2) is 7.77.